The molecule has 3 aromatic rings. The molecule has 3 N–H and O–H groups in total. The largest absolute Gasteiger partial charge is 0.354 e. The summed E-state index contributed by atoms with van der Waals surface area (Å²) in [6, 6.07) is 8.11. The Labute approximate surface area is 143 Å². The molecule has 0 atom stereocenters. The highest BCUT2D eigenvalue weighted by Crippen LogP contribution is 2.22. The standard InChI is InChI=1S/C16H18N8O/c1-17-16(25)14-12-9-24(7-6-13(12)18-19-14)8-10-2-4-11(5-3-10)15-20-22-23-21-15/h2-5H,6-9H2,1H3,(H,17,25)(H,18,19)(H,20,21,22,23). The number of aromatic nitrogens is 6. The fourth-order valence-corrected chi connectivity index (χ4v) is 3.09. The minimum Gasteiger partial charge on any atom is -0.354 e. The molecule has 25 heavy (non-hydrogen) atoms. The summed E-state index contributed by atoms with van der Waals surface area (Å²) >= 11 is 0. The summed E-state index contributed by atoms with van der Waals surface area (Å²) in [7, 11) is 1.62. The highest BCUT2D eigenvalue weighted by Gasteiger charge is 2.24. The lowest BCUT2D eigenvalue weighted by molar-refractivity contribution is 0.0955. The van der Waals surface area contributed by atoms with Gasteiger partial charge < -0.3 is 5.32 Å². The van der Waals surface area contributed by atoms with Gasteiger partial charge in [0.2, 0.25) is 5.82 Å². The van der Waals surface area contributed by atoms with Crippen molar-refractivity contribution in [3.05, 3.63) is 46.8 Å². The van der Waals surface area contributed by atoms with Gasteiger partial charge in [0.25, 0.3) is 5.91 Å². The van der Waals surface area contributed by atoms with Crippen molar-refractivity contribution in [1.82, 2.24) is 41.0 Å². The van der Waals surface area contributed by atoms with E-state index in [0.717, 1.165) is 36.3 Å². The number of nitrogens with zero attached hydrogens (tertiary/aromatic N) is 5. The van der Waals surface area contributed by atoms with Crippen molar-refractivity contribution in [2.45, 2.75) is 19.5 Å². The lowest BCUT2D eigenvalue weighted by Gasteiger charge is -2.26. The van der Waals surface area contributed by atoms with Gasteiger partial charge in [-0.1, -0.05) is 24.3 Å². The van der Waals surface area contributed by atoms with E-state index in [1.54, 1.807) is 7.05 Å². The highest BCUT2D eigenvalue weighted by atomic mass is 16.1. The minimum atomic E-state index is -0.149. The van der Waals surface area contributed by atoms with Crippen LogP contribution in [0.1, 0.15) is 27.3 Å². The maximum atomic E-state index is 11.9. The van der Waals surface area contributed by atoms with Crippen molar-refractivity contribution in [3.8, 4) is 11.4 Å². The van der Waals surface area contributed by atoms with E-state index in [4.69, 9.17) is 0 Å². The van der Waals surface area contributed by atoms with Crippen molar-refractivity contribution < 1.29 is 4.79 Å². The number of rotatable bonds is 4. The smallest absolute Gasteiger partial charge is 0.271 e. The molecule has 128 valence electrons. The molecule has 1 amide bonds. The second kappa shape index (κ2) is 6.44. The fraction of sp³-hybridized carbons (Fsp3) is 0.312. The summed E-state index contributed by atoms with van der Waals surface area (Å²) in [4.78, 5) is 14.2. The van der Waals surface area contributed by atoms with Gasteiger partial charge in [0.15, 0.2) is 5.69 Å². The summed E-state index contributed by atoms with van der Waals surface area (Å²) in [5, 5.41) is 23.8. The lowest BCUT2D eigenvalue weighted by atomic mass is 10.0. The Balaban J connectivity index is 1.47. The van der Waals surface area contributed by atoms with Crippen LogP contribution in [0.4, 0.5) is 0 Å². The van der Waals surface area contributed by atoms with Crippen LogP contribution < -0.4 is 5.32 Å². The number of hydrogen-bond donors (Lipinski definition) is 3. The van der Waals surface area contributed by atoms with Crippen LogP contribution in [0.15, 0.2) is 24.3 Å². The Morgan fingerprint density at radius 3 is 2.84 bits per heavy atom. The van der Waals surface area contributed by atoms with Crippen LogP contribution in [-0.2, 0) is 19.5 Å². The van der Waals surface area contributed by atoms with Gasteiger partial charge in [-0.3, -0.25) is 14.8 Å². The van der Waals surface area contributed by atoms with Crippen molar-refractivity contribution in [1.29, 1.82) is 0 Å². The third-order valence-electron chi connectivity index (χ3n) is 4.42. The molecule has 0 bridgehead atoms. The van der Waals surface area contributed by atoms with Crippen LogP contribution in [0.25, 0.3) is 11.4 Å². The molecule has 0 saturated heterocycles. The zero-order chi connectivity index (χ0) is 17.2. The zero-order valence-electron chi connectivity index (χ0n) is 13.8. The van der Waals surface area contributed by atoms with E-state index in [2.05, 4.69) is 53.2 Å². The molecule has 1 aliphatic rings. The van der Waals surface area contributed by atoms with Crippen LogP contribution >= 0.6 is 0 Å². The monoisotopic (exact) mass is 338 g/mol. The lowest BCUT2D eigenvalue weighted by Crippen LogP contribution is -2.31. The molecule has 0 radical (unpaired) electrons. The molecular formula is C16H18N8O. The van der Waals surface area contributed by atoms with E-state index >= 15 is 0 Å². The van der Waals surface area contributed by atoms with Gasteiger partial charge in [-0.2, -0.15) is 10.3 Å². The number of hydrogen-bond acceptors (Lipinski definition) is 6. The fourth-order valence-electron chi connectivity index (χ4n) is 3.09. The number of tetrazole rings is 1. The normalized spacial score (nSPS) is 14.3. The minimum absolute atomic E-state index is 0.149. The van der Waals surface area contributed by atoms with Crippen LogP contribution in [0, 0.1) is 0 Å². The molecule has 1 aliphatic heterocycles. The van der Waals surface area contributed by atoms with Crippen LogP contribution in [0.3, 0.4) is 0 Å². The molecule has 9 nitrogen and oxygen atoms in total. The second-order valence-electron chi connectivity index (χ2n) is 6.00. The van der Waals surface area contributed by atoms with Crippen molar-refractivity contribution >= 4 is 5.91 Å². The predicted octanol–water partition coefficient (Wildman–Crippen LogP) is 0.508. The number of amides is 1. The molecule has 9 heteroatoms. The average Bonchev–Trinajstić information content (AvgIpc) is 3.31. The second-order valence-corrected chi connectivity index (χ2v) is 6.00. The number of H-pyrrole nitrogens is 2. The third kappa shape index (κ3) is 3.01. The number of carbonyl (C=O) groups excluding carboxylic acids is 1. The zero-order valence-corrected chi connectivity index (χ0v) is 13.8. The Kier molecular flexibility index (Phi) is 3.98. The molecule has 4 rings (SSSR count). The maximum Gasteiger partial charge on any atom is 0.271 e. The molecule has 0 spiro atoms. The summed E-state index contributed by atoms with van der Waals surface area (Å²) in [5.41, 5.74) is 4.67. The van der Waals surface area contributed by atoms with Crippen molar-refractivity contribution in [2.24, 2.45) is 0 Å². The Hall–Kier alpha value is -3.07. The van der Waals surface area contributed by atoms with Crippen molar-refractivity contribution in [2.75, 3.05) is 13.6 Å². The van der Waals surface area contributed by atoms with E-state index < -0.39 is 0 Å². The molecule has 2 aromatic heterocycles. The Morgan fingerprint density at radius 2 is 2.12 bits per heavy atom. The molecule has 0 saturated carbocycles. The summed E-state index contributed by atoms with van der Waals surface area (Å²) in [6.07, 6.45) is 0.861. The molecule has 1 aromatic carbocycles. The maximum absolute atomic E-state index is 11.9. The van der Waals surface area contributed by atoms with Gasteiger partial charge in [0.1, 0.15) is 0 Å². The van der Waals surface area contributed by atoms with Crippen LogP contribution in [-0.4, -0.2) is 55.2 Å². The first-order chi connectivity index (χ1) is 12.2. The number of carbonyl (C=O) groups is 1. The third-order valence-corrected chi connectivity index (χ3v) is 4.42. The predicted molar refractivity (Wildman–Crippen MR) is 89.4 cm³/mol. The Morgan fingerprint density at radius 1 is 1.28 bits per heavy atom. The quantitative estimate of drug-likeness (QED) is 0.638. The molecule has 0 aliphatic carbocycles. The average molecular weight is 338 g/mol. The number of benzene rings is 1. The molecular weight excluding hydrogens is 320 g/mol. The molecule has 0 unspecified atom stereocenters. The number of nitrogens with one attached hydrogen (secondary N) is 3. The highest BCUT2D eigenvalue weighted by molar-refractivity contribution is 5.93. The first kappa shape index (κ1) is 15.5. The first-order valence-electron chi connectivity index (χ1n) is 8.08. The van der Waals surface area contributed by atoms with E-state index in [1.807, 2.05) is 12.1 Å². The van der Waals surface area contributed by atoms with E-state index in [9.17, 15) is 4.79 Å². The Bertz CT molecular complexity index is 868. The van der Waals surface area contributed by atoms with E-state index in [1.165, 1.54) is 5.56 Å². The first-order valence-corrected chi connectivity index (χ1v) is 8.08. The van der Waals surface area contributed by atoms with Gasteiger partial charge in [0, 0.05) is 49.9 Å². The topological polar surface area (TPSA) is 115 Å². The van der Waals surface area contributed by atoms with Gasteiger partial charge >= 0.3 is 0 Å². The van der Waals surface area contributed by atoms with Gasteiger partial charge in [-0.05, 0) is 10.8 Å². The number of fused-ring (bicyclic) bond motifs is 1. The van der Waals surface area contributed by atoms with Gasteiger partial charge in [-0.15, -0.1) is 10.2 Å². The summed E-state index contributed by atoms with van der Waals surface area (Å²) in [6.45, 7) is 2.44. The summed E-state index contributed by atoms with van der Waals surface area (Å²) < 4.78 is 0. The number of aromatic amines is 2. The molecule has 0 fully saturated rings. The summed E-state index contributed by atoms with van der Waals surface area (Å²) in [5.74, 6) is 0.437. The van der Waals surface area contributed by atoms with Crippen molar-refractivity contribution in [3.63, 3.8) is 0 Å². The van der Waals surface area contributed by atoms with E-state index in [-0.39, 0.29) is 5.91 Å². The van der Waals surface area contributed by atoms with Crippen LogP contribution in [0.5, 0.6) is 0 Å². The van der Waals surface area contributed by atoms with Gasteiger partial charge in [-0.25, -0.2) is 0 Å². The SMILES string of the molecule is CNC(=O)c1n[nH]c2c1CN(Cc1ccc(-c3nn[nH]n3)cc1)CC2. The van der Waals surface area contributed by atoms with Crippen LogP contribution in [0.2, 0.25) is 0 Å². The van der Waals surface area contributed by atoms with Gasteiger partial charge in [0.05, 0.1) is 0 Å². The molecule has 3 heterocycles. The van der Waals surface area contributed by atoms with E-state index in [0.29, 0.717) is 18.1 Å².